The third-order valence-corrected chi connectivity index (χ3v) is 3.75. The van der Waals surface area contributed by atoms with E-state index in [4.69, 9.17) is 11.5 Å². The molecule has 1 rings (SSSR count). The molecule has 0 amide bonds. The van der Waals surface area contributed by atoms with Gasteiger partial charge in [-0.1, -0.05) is 44.2 Å². The molecule has 0 saturated carbocycles. The van der Waals surface area contributed by atoms with Crippen molar-refractivity contribution >= 4 is 11.5 Å². The fraction of sp³-hybridized carbons (Fsp3) is 0.579. The topological polar surface area (TPSA) is 101 Å². The van der Waals surface area contributed by atoms with Gasteiger partial charge in [-0.25, -0.2) is 4.79 Å². The van der Waals surface area contributed by atoms with E-state index in [0.29, 0.717) is 12.0 Å². The van der Waals surface area contributed by atoms with Crippen LogP contribution in [0, 0.1) is 5.92 Å². The van der Waals surface area contributed by atoms with Crippen molar-refractivity contribution in [3.63, 3.8) is 0 Å². The predicted octanol–water partition coefficient (Wildman–Crippen LogP) is 1.68. The maximum Gasteiger partial charge on any atom is 0.130 e. The van der Waals surface area contributed by atoms with Crippen molar-refractivity contribution in [3.8, 4) is 0 Å². The van der Waals surface area contributed by atoms with Crippen LogP contribution < -0.4 is 16.8 Å². The van der Waals surface area contributed by atoms with Crippen molar-refractivity contribution in [2.75, 3.05) is 0 Å². The van der Waals surface area contributed by atoms with Crippen LogP contribution in [0.4, 0.5) is 0 Å². The molecule has 3 unspecified atom stereocenters. The van der Waals surface area contributed by atoms with Gasteiger partial charge in [0.25, 0.3) is 0 Å². The lowest BCUT2D eigenvalue weighted by Crippen LogP contribution is -2.70. The summed E-state index contributed by atoms with van der Waals surface area (Å²) in [5.41, 5.74) is 12.2. The van der Waals surface area contributed by atoms with E-state index in [2.05, 4.69) is 5.32 Å². The average molecular weight is 333 g/mol. The molecule has 1 aromatic rings. The second-order valence-electron chi connectivity index (χ2n) is 7.87. The zero-order valence-electron chi connectivity index (χ0n) is 15.3. The lowest BCUT2D eigenvalue weighted by atomic mass is 9.83. The van der Waals surface area contributed by atoms with E-state index >= 15 is 0 Å². The van der Waals surface area contributed by atoms with E-state index < -0.39 is 17.8 Å². The molecular weight excluding hydrogens is 302 g/mol. The van der Waals surface area contributed by atoms with E-state index in [1.807, 2.05) is 58.8 Å². The number of carbonyl (C=O) groups excluding carboxylic acids is 1. The van der Waals surface area contributed by atoms with Crippen LogP contribution in [0.25, 0.3) is 5.57 Å². The third-order valence-electron chi connectivity index (χ3n) is 3.75. The molecule has 0 aliphatic carbocycles. The summed E-state index contributed by atoms with van der Waals surface area (Å²) < 4.78 is 0. The minimum absolute atomic E-state index is 0.220. The number of nitrogens with one attached hydrogen (secondary N) is 1. The Kier molecular flexibility index (Phi) is 6.90. The van der Waals surface area contributed by atoms with E-state index in [1.54, 1.807) is 12.1 Å². The zero-order valence-corrected chi connectivity index (χ0v) is 15.3. The predicted molar refractivity (Wildman–Crippen MR) is 98.8 cm³/mol. The number of hydrogen-bond acceptors (Lipinski definition) is 5. The minimum Gasteiger partial charge on any atom is -0.388 e. The monoisotopic (exact) mass is 333 g/mol. The van der Waals surface area contributed by atoms with Gasteiger partial charge in [0.2, 0.25) is 0 Å². The van der Waals surface area contributed by atoms with Crippen LogP contribution in [-0.4, -0.2) is 34.4 Å². The van der Waals surface area contributed by atoms with E-state index in [-0.39, 0.29) is 17.0 Å². The van der Waals surface area contributed by atoms with Crippen LogP contribution in [0.15, 0.2) is 30.3 Å². The van der Waals surface area contributed by atoms with Gasteiger partial charge < -0.3 is 16.6 Å². The summed E-state index contributed by atoms with van der Waals surface area (Å²) in [7, 11) is 0. The molecule has 0 aliphatic heterocycles. The molecule has 3 atom stereocenters. The maximum absolute atomic E-state index is 11.5. The average Bonchev–Trinajstić information content (AvgIpc) is 2.45. The third kappa shape index (κ3) is 5.55. The number of aliphatic hydroxyl groups excluding tert-OH is 1. The van der Waals surface area contributed by atoms with Gasteiger partial charge in [0.1, 0.15) is 12.0 Å². The van der Waals surface area contributed by atoms with Crippen molar-refractivity contribution in [2.24, 2.45) is 17.4 Å². The Bertz CT molecular complexity index is 574. The Morgan fingerprint density at radius 2 is 1.79 bits per heavy atom. The Balaban J connectivity index is 3.16. The van der Waals surface area contributed by atoms with E-state index in [1.165, 1.54) is 0 Å². The molecule has 5 heteroatoms. The highest BCUT2D eigenvalue weighted by atomic mass is 16.3. The molecule has 24 heavy (non-hydrogen) atoms. The van der Waals surface area contributed by atoms with Crippen LogP contribution in [0.5, 0.6) is 0 Å². The van der Waals surface area contributed by atoms with Crippen LogP contribution in [0.3, 0.4) is 0 Å². The van der Waals surface area contributed by atoms with Gasteiger partial charge in [-0.05, 0) is 38.7 Å². The number of aliphatic hydroxyl groups is 1. The van der Waals surface area contributed by atoms with Gasteiger partial charge in [0.15, 0.2) is 0 Å². The Hall–Kier alpha value is -1.49. The van der Waals surface area contributed by atoms with Crippen LogP contribution in [-0.2, 0) is 4.79 Å². The fourth-order valence-corrected chi connectivity index (χ4v) is 3.03. The van der Waals surface area contributed by atoms with Crippen molar-refractivity contribution in [1.82, 2.24) is 5.32 Å². The first-order valence-corrected chi connectivity index (χ1v) is 8.32. The normalized spacial score (nSPS) is 17.0. The smallest absolute Gasteiger partial charge is 0.130 e. The summed E-state index contributed by atoms with van der Waals surface area (Å²) in [4.78, 5) is 11.5. The molecule has 0 aromatic heterocycles. The molecule has 1 aromatic carbocycles. The second-order valence-corrected chi connectivity index (χ2v) is 7.87. The Labute approximate surface area is 145 Å². The van der Waals surface area contributed by atoms with Gasteiger partial charge in [-0.15, -0.1) is 0 Å². The molecule has 5 nitrogen and oxygen atoms in total. The Morgan fingerprint density at radius 3 is 2.21 bits per heavy atom. The summed E-state index contributed by atoms with van der Waals surface area (Å²) in [6.07, 6.45) is -0.629. The quantitative estimate of drug-likeness (QED) is 0.449. The second kappa shape index (κ2) is 8.06. The number of rotatable bonds is 7. The van der Waals surface area contributed by atoms with E-state index in [0.717, 1.165) is 0 Å². The molecule has 134 valence electrons. The summed E-state index contributed by atoms with van der Waals surface area (Å²) >= 11 is 0. The van der Waals surface area contributed by atoms with Gasteiger partial charge in [0, 0.05) is 5.54 Å². The highest BCUT2D eigenvalue weighted by Crippen LogP contribution is 2.25. The van der Waals surface area contributed by atoms with Crippen LogP contribution >= 0.6 is 0 Å². The number of nitrogens with two attached hydrogens (primary N) is 2. The van der Waals surface area contributed by atoms with E-state index in [9.17, 15) is 9.90 Å². The zero-order chi connectivity index (χ0) is 18.5. The summed E-state index contributed by atoms with van der Waals surface area (Å²) in [5.74, 6) is 2.13. The Morgan fingerprint density at radius 1 is 1.25 bits per heavy atom. The standard InChI is InChI=1S/C19H31N3O2/c1-13(2)11-19(21,22-18(3,4)5)17(24)16(20)15(12-23)14-9-7-6-8-10-14/h6-10,13,16-17,22,24H,11,20-21H2,1-5H3. The number of hydrogen-bond donors (Lipinski definition) is 4. The molecular formula is C19H31N3O2. The highest BCUT2D eigenvalue weighted by Gasteiger charge is 2.42. The van der Waals surface area contributed by atoms with Gasteiger partial charge in [-0.3, -0.25) is 5.32 Å². The molecule has 0 saturated heterocycles. The highest BCUT2D eigenvalue weighted by molar-refractivity contribution is 5.90. The summed E-state index contributed by atoms with van der Waals surface area (Å²) in [5, 5.41) is 14.2. The van der Waals surface area contributed by atoms with Gasteiger partial charge in [-0.2, -0.15) is 0 Å². The molecule has 0 bridgehead atoms. The van der Waals surface area contributed by atoms with Crippen molar-refractivity contribution in [3.05, 3.63) is 35.9 Å². The molecule has 0 aliphatic rings. The largest absolute Gasteiger partial charge is 0.388 e. The van der Waals surface area contributed by atoms with Gasteiger partial charge in [0.05, 0.1) is 17.3 Å². The van der Waals surface area contributed by atoms with Crippen LogP contribution in [0.1, 0.15) is 46.6 Å². The first kappa shape index (κ1) is 20.6. The molecule has 0 heterocycles. The first-order valence-electron chi connectivity index (χ1n) is 8.32. The van der Waals surface area contributed by atoms with Gasteiger partial charge >= 0.3 is 0 Å². The number of benzene rings is 1. The lowest BCUT2D eigenvalue weighted by molar-refractivity contribution is 0.0251. The first-order chi connectivity index (χ1) is 11.0. The fourth-order valence-electron chi connectivity index (χ4n) is 3.03. The SMILES string of the molecule is CC(C)CC(N)(NC(C)(C)C)C(O)C(N)C(=C=O)c1ccccc1. The van der Waals surface area contributed by atoms with Crippen LogP contribution in [0.2, 0.25) is 0 Å². The minimum atomic E-state index is -1.14. The molecule has 0 fully saturated rings. The van der Waals surface area contributed by atoms with Crippen molar-refractivity contribution < 1.29 is 9.90 Å². The molecule has 0 spiro atoms. The van der Waals surface area contributed by atoms with Crippen molar-refractivity contribution in [2.45, 2.75) is 64.4 Å². The molecule has 6 N–H and O–H groups in total. The lowest BCUT2D eigenvalue weighted by Gasteiger charge is -2.43. The maximum atomic E-state index is 11.5. The van der Waals surface area contributed by atoms with Crippen molar-refractivity contribution in [1.29, 1.82) is 0 Å². The summed E-state index contributed by atoms with van der Waals surface area (Å²) in [6.45, 7) is 9.97. The molecule has 0 radical (unpaired) electrons. The summed E-state index contributed by atoms with van der Waals surface area (Å²) in [6, 6.07) is 8.06.